The lowest BCUT2D eigenvalue weighted by Crippen LogP contribution is -2.28. The molecule has 0 amide bonds. The summed E-state index contributed by atoms with van der Waals surface area (Å²) in [5.41, 5.74) is 3.32. The van der Waals surface area contributed by atoms with E-state index in [-0.39, 0.29) is 14.4 Å². The third-order valence-corrected chi connectivity index (χ3v) is 11.3. The van der Waals surface area contributed by atoms with Gasteiger partial charge in [0.1, 0.15) is 11.9 Å². The fourth-order valence-electron chi connectivity index (χ4n) is 6.09. The number of hydrogen-bond donors (Lipinski definition) is 0. The normalized spacial score (nSPS) is 22.5. The SMILES string of the molecule is CCC[Si]1CCC(C2CCC(CCc3ccc(-c4ccc(C#N)c(F)c4)cc3)CC2)CC1. The molecule has 0 unspecified atom stereocenters. The van der Waals surface area contributed by atoms with Gasteiger partial charge in [0, 0.05) is 8.80 Å². The van der Waals surface area contributed by atoms with E-state index in [0.717, 1.165) is 35.3 Å². The van der Waals surface area contributed by atoms with Crippen LogP contribution in [0.3, 0.4) is 0 Å². The van der Waals surface area contributed by atoms with E-state index in [0.29, 0.717) is 0 Å². The maximum absolute atomic E-state index is 13.9. The summed E-state index contributed by atoms with van der Waals surface area (Å²) in [6.07, 6.45) is 12.7. The average Bonchev–Trinajstić information content (AvgIpc) is 2.84. The molecule has 1 aliphatic carbocycles. The summed E-state index contributed by atoms with van der Waals surface area (Å²) in [4.78, 5) is 0. The first kappa shape index (κ1) is 23.2. The van der Waals surface area contributed by atoms with Crippen LogP contribution in [0.4, 0.5) is 4.39 Å². The summed E-state index contributed by atoms with van der Waals surface area (Å²) < 4.78 is 13.9. The predicted molar refractivity (Wildman–Crippen MR) is 134 cm³/mol. The molecular weight excluding hydrogens is 409 g/mol. The molecule has 1 saturated carbocycles. The molecule has 0 spiro atoms. The van der Waals surface area contributed by atoms with Crippen LogP contribution in [0.1, 0.15) is 69.4 Å². The van der Waals surface area contributed by atoms with E-state index in [1.165, 1.54) is 50.2 Å². The monoisotopic (exact) mass is 446 g/mol. The van der Waals surface area contributed by atoms with E-state index in [4.69, 9.17) is 5.26 Å². The third kappa shape index (κ3) is 5.90. The Morgan fingerprint density at radius 2 is 1.56 bits per heavy atom. The molecule has 4 rings (SSSR count). The van der Waals surface area contributed by atoms with Crippen molar-refractivity contribution in [1.82, 2.24) is 0 Å². The maximum atomic E-state index is 13.9. The third-order valence-electron chi connectivity index (χ3n) is 8.12. The number of benzene rings is 2. The van der Waals surface area contributed by atoms with Gasteiger partial charge < -0.3 is 0 Å². The molecule has 1 saturated heterocycles. The predicted octanol–water partition coefficient (Wildman–Crippen LogP) is 8.42. The Morgan fingerprint density at radius 1 is 0.906 bits per heavy atom. The Balaban J connectivity index is 1.21. The quantitative estimate of drug-likeness (QED) is 0.392. The van der Waals surface area contributed by atoms with Crippen molar-refractivity contribution in [2.75, 3.05) is 0 Å². The number of aryl methyl sites for hydroxylation is 1. The first-order chi connectivity index (χ1) is 15.7. The van der Waals surface area contributed by atoms with Crippen molar-refractivity contribution in [3.63, 3.8) is 0 Å². The molecule has 0 atom stereocenters. The van der Waals surface area contributed by atoms with Gasteiger partial charge in [-0.15, -0.1) is 0 Å². The van der Waals surface area contributed by atoms with Crippen LogP contribution < -0.4 is 0 Å². The first-order valence-electron chi connectivity index (χ1n) is 12.8. The van der Waals surface area contributed by atoms with Crippen molar-refractivity contribution in [3.8, 4) is 17.2 Å². The highest BCUT2D eigenvalue weighted by molar-refractivity contribution is 6.58. The van der Waals surface area contributed by atoms with Crippen LogP contribution in [-0.2, 0) is 6.42 Å². The summed E-state index contributed by atoms with van der Waals surface area (Å²) in [7, 11) is 0.0239. The summed E-state index contributed by atoms with van der Waals surface area (Å²) in [6, 6.07) is 20.0. The molecule has 169 valence electrons. The Bertz CT molecular complexity index is 900. The van der Waals surface area contributed by atoms with Gasteiger partial charge in [0.15, 0.2) is 0 Å². The smallest absolute Gasteiger partial charge is 0.141 e. The molecule has 0 N–H and O–H groups in total. The number of hydrogen-bond acceptors (Lipinski definition) is 1. The maximum Gasteiger partial charge on any atom is 0.141 e. The number of nitrogens with zero attached hydrogens (tertiary/aromatic N) is 1. The van der Waals surface area contributed by atoms with Crippen LogP contribution >= 0.6 is 0 Å². The molecule has 1 nitrogen and oxygen atoms in total. The first-order valence-corrected chi connectivity index (χ1v) is 14.9. The van der Waals surface area contributed by atoms with Gasteiger partial charge in [0.05, 0.1) is 5.56 Å². The minimum atomic E-state index is -0.444. The molecular formula is C29H37FNSi. The second kappa shape index (κ2) is 11.3. The Labute approximate surface area is 195 Å². The van der Waals surface area contributed by atoms with Gasteiger partial charge in [-0.3, -0.25) is 0 Å². The standard InChI is InChI=1S/C29H37FNSi/c1-2-17-32-18-15-26(16-19-32)24-9-5-22(6-10-24)3-4-23-7-11-25(12-8-23)27-13-14-28(21-31)29(30)20-27/h7-8,11-14,20,22,24,26H,2-6,9-10,15-19H2,1H3. The second-order valence-electron chi connectivity index (χ2n) is 10.2. The molecule has 2 fully saturated rings. The number of halogens is 1. The van der Waals surface area contributed by atoms with Gasteiger partial charge in [-0.2, -0.15) is 5.26 Å². The lowest BCUT2D eigenvalue weighted by Gasteiger charge is -2.37. The molecule has 32 heavy (non-hydrogen) atoms. The van der Waals surface area contributed by atoms with Crippen molar-refractivity contribution in [1.29, 1.82) is 5.26 Å². The van der Waals surface area contributed by atoms with Crippen LogP contribution in [-0.4, -0.2) is 8.80 Å². The van der Waals surface area contributed by atoms with Crippen LogP contribution in [0.25, 0.3) is 11.1 Å². The minimum absolute atomic E-state index is 0.0239. The molecule has 1 radical (unpaired) electrons. The van der Waals surface area contributed by atoms with Crippen LogP contribution in [0.2, 0.25) is 18.1 Å². The minimum Gasteiger partial charge on any atom is -0.206 e. The van der Waals surface area contributed by atoms with Gasteiger partial charge in [-0.25, -0.2) is 4.39 Å². The molecule has 2 aromatic rings. The van der Waals surface area contributed by atoms with Crippen LogP contribution in [0, 0.1) is 34.9 Å². The number of nitriles is 1. The zero-order valence-corrected chi connectivity index (χ0v) is 20.6. The van der Waals surface area contributed by atoms with Gasteiger partial charge >= 0.3 is 0 Å². The van der Waals surface area contributed by atoms with E-state index < -0.39 is 5.82 Å². The second-order valence-corrected chi connectivity index (χ2v) is 13.2. The average molecular weight is 447 g/mol. The Kier molecular flexibility index (Phi) is 8.19. The summed E-state index contributed by atoms with van der Waals surface area (Å²) in [5.74, 6) is 2.51. The van der Waals surface area contributed by atoms with Crippen LogP contribution in [0.5, 0.6) is 0 Å². The Morgan fingerprint density at radius 3 is 2.19 bits per heavy atom. The number of rotatable bonds is 7. The zero-order valence-electron chi connectivity index (χ0n) is 19.6. The summed E-state index contributed by atoms with van der Waals surface area (Å²) in [5, 5.41) is 8.90. The van der Waals surface area contributed by atoms with Crippen molar-refractivity contribution in [3.05, 3.63) is 59.4 Å². The summed E-state index contributed by atoms with van der Waals surface area (Å²) >= 11 is 0. The van der Waals surface area contributed by atoms with E-state index in [2.05, 4.69) is 31.2 Å². The molecule has 1 aliphatic heterocycles. The van der Waals surface area contributed by atoms with Crippen molar-refractivity contribution < 1.29 is 4.39 Å². The van der Waals surface area contributed by atoms with Crippen molar-refractivity contribution in [2.45, 2.75) is 82.8 Å². The lowest BCUT2D eigenvalue weighted by atomic mass is 9.73. The van der Waals surface area contributed by atoms with E-state index in [1.807, 2.05) is 12.1 Å². The van der Waals surface area contributed by atoms with E-state index in [1.54, 1.807) is 37.0 Å². The topological polar surface area (TPSA) is 23.8 Å². The largest absolute Gasteiger partial charge is 0.206 e. The highest BCUT2D eigenvalue weighted by atomic mass is 28.3. The molecule has 0 bridgehead atoms. The zero-order chi connectivity index (χ0) is 22.3. The molecule has 1 heterocycles. The highest BCUT2D eigenvalue weighted by Crippen LogP contribution is 2.41. The van der Waals surface area contributed by atoms with Gasteiger partial charge in [-0.05, 0) is 72.3 Å². The summed E-state index contributed by atoms with van der Waals surface area (Å²) in [6.45, 7) is 2.36. The van der Waals surface area contributed by atoms with Crippen molar-refractivity contribution >= 4 is 8.80 Å². The fourth-order valence-corrected chi connectivity index (χ4v) is 9.11. The van der Waals surface area contributed by atoms with Crippen LogP contribution in [0.15, 0.2) is 42.5 Å². The molecule has 3 heteroatoms. The van der Waals surface area contributed by atoms with E-state index >= 15 is 0 Å². The van der Waals surface area contributed by atoms with Gasteiger partial charge in [0.25, 0.3) is 0 Å². The van der Waals surface area contributed by atoms with Gasteiger partial charge in [0.2, 0.25) is 0 Å². The van der Waals surface area contributed by atoms with Gasteiger partial charge in [-0.1, -0.05) is 87.5 Å². The molecule has 0 aromatic heterocycles. The fraction of sp³-hybridized carbons (Fsp3) is 0.552. The highest BCUT2D eigenvalue weighted by Gasteiger charge is 2.30. The Hall–Kier alpha value is -1.92. The lowest BCUT2D eigenvalue weighted by molar-refractivity contribution is 0.186. The molecule has 2 aromatic carbocycles. The molecule has 2 aliphatic rings. The van der Waals surface area contributed by atoms with E-state index in [9.17, 15) is 4.39 Å². The van der Waals surface area contributed by atoms with Crippen molar-refractivity contribution in [2.24, 2.45) is 17.8 Å².